The van der Waals surface area contributed by atoms with E-state index in [4.69, 9.17) is 5.73 Å². The van der Waals surface area contributed by atoms with Crippen molar-refractivity contribution in [3.05, 3.63) is 60.2 Å². The van der Waals surface area contributed by atoms with Crippen LogP contribution < -0.4 is 5.73 Å². The lowest BCUT2D eigenvalue weighted by atomic mass is 10.2. The van der Waals surface area contributed by atoms with Gasteiger partial charge in [-0.05, 0) is 23.8 Å². The zero-order valence-corrected chi connectivity index (χ0v) is 9.68. The molecule has 3 nitrogen and oxygen atoms in total. The van der Waals surface area contributed by atoms with Gasteiger partial charge in [0.15, 0.2) is 0 Å². The lowest BCUT2D eigenvalue weighted by Gasteiger charge is -2.04. The van der Waals surface area contributed by atoms with Crippen molar-refractivity contribution in [3.63, 3.8) is 0 Å². The number of imidazole rings is 1. The quantitative estimate of drug-likeness (QED) is 0.749. The Morgan fingerprint density at radius 1 is 1.22 bits per heavy atom. The molecule has 0 amide bonds. The standard InChI is InChI=1S/C14H12FN3/c15-12-3-1-2-11(6-12)14-17-8-13-5-4-10(7-16)9-18(13)14/h1-6,8-9H,7,16H2. The van der Waals surface area contributed by atoms with Gasteiger partial charge in [0.05, 0.1) is 11.7 Å². The minimum atomic E-state index is -0.265. The van der Waals surface area contributed by atoms with Crippen molar-refractivity contribution >= 4 is 5.52 Å². The molecular formula is C14H12FN3. The number of hydrogen-bond acceptors (Lipinski definition) is 2. The lowest BCUT2D eigenvalue weighted by molar-refractivity contribution is 0.628. The number of nitrogens with two attached hydrogens (primary N) is 1. The van der Waals surface area contributed by atoms with Crippen LogP contribution in [0.25, 0.3) is 16.9 Å². The van der Waals surface area contributed by atoms with Gasteiger partial charge >= 0.3 is 0 Å². The summed E-state index contributed by atoms with van der Waals surface area (Å²) < 4.78 is 15.2. The molecule has 0 fully saturated rings. The maximum atomic E-state index is 13.2. The normalized spacial score (nSPS) is 11.0. The summed E-state index contributed by atoms with van der Waals surface area (Å²) in [6.07, 6.45) is 3.70. The Morgan fingerprint density at radius 3 is 2.89 bits per heavy atom. The van der Waals surface area contributed by atoms with E-state index in [9.17, 15) is 4.39 Å². The van der Waals surface area contributed by atoms with Crippen LogP contribution in [-0.2, 0) is 6.54 Å². The zero-order valence-electron chi connectivity index (χ0n) is 9.68. The average Bonchev–Trinajstić information content (AvgIpc) is 2.81. The van der Waals surface area contributed by atoms with Gasteiger partial charge in [-0.3, -0.25) is 4.40 Å². The molecule has 90 valence electrons. The molecule has 2 aromatic heterocycles. The van der Waals surface area contributed by atoms with Crippen LogP contribution in [0.1, 0.15) is 5.56 Å². The van der Waals surface area contributed by atoms with E-state index in [-0.39, 0.29) is 5.82 Å². The number of fused-ring (bicyclic) bond motifs is 1. The summed E-state index contributed by atoms with van der Waals surface area (Å²) in [5.41, 5.74) is 8.36. The Morgan fingerprint density at radius 2 is 2.11 bits per heavy atom. The molecule has 0 aliphatic rings. The molecule has 18 heavy (non-hydrogen) atoms. The number of nitrogens with zero attached hydrogens (tertiary/aromatic N) is 2. The molecule has 2 heterocycles. The molecule has 0 spiro atoms. The summed E-state index contributed by atoms with van der Waals surface area (Å²) in [6, 6.07) is 10.3. The van der Waals surface area contributed by atoms with Crippen molar-refractivity contribution in [2.75, 3.05) is 0 Å². The topological polar surface area (TPSA) is 43.3 Å². The van der Waals surface area contributed by atoms with Crippen molar-refractivity contribution in [3.8, 4) is 11.4 Å². The monoisotopic (exact) mass is 241 g/mol. The van der Waals surface area contributed by atoms with Gasteiger partial charge in [-0.2, -0.15) is 0 Å². The number of benzene rings is 1. The molecule has 0 saturated carbocycles. The van der Waals surface area contributed by atoms with Crippen molar-refractivity contribution in [2.45, 2.75) is 6.54 Å². The molecule has 0 saturated heterocycles. The van der Waals surface area contributed by atoms with Crippen LogP contribution in [0.4, 0.5) is 4.39 Å². The highest BCUT2D eigenvalue weighted by Crippen LogP contribution is 2.21. The Labute approximate surface area is 104 Å². The highest BCUT2D eigenvalue weighted by molar-refractivity contribution is 5.62. The van der Waals surface area contributed by atoms with E-state index < -0.39 is 0 Å². The van der Waals surface area contributed by atoms with Crippen LogP contribution in [0, 0.1) is 5.82 Å². The van der Waals surface area contributed by atoms with E-state index in [1.807, 2.05) is 28.8 Å². The van der Waals surface area contributed by atoms with E-state index in [0.29, 0.717) is 6.54 Å². The Kier molecular flexibility index (Phi) is 2.57. The third kappa shape index (κ3) is 1.76. The molecule has 0 aliphatic carbocycles. The maximum absolute atomic E-state index is 13.2. The minimum Gasteiger partial charge on any atom is -0.326 e. The Bertz CT molecular complexity index is 703. The summed E-state index contributed by atoms with van der Waals surface area (Å²) in [5.74, 6) is 0.457. The lowest BCUT2D eigenvalue weighted by Crippen LogP contribution is -1.99. The molecule has 1 aromatic carbocycles. The molecule has 0 unspecified atom stereocenters. The van der Waals surface area contributed by atoms with Gasteiger partial charge < -0.3 is 5.73 Å². The van der Waals surface area contributed by atoms with Gasteiger partial charge in [-0.25, -0.2) is 9.37 Å². The van der Waals surface area contributed by atoms with E-state index in [0.717, 1.165) is 22.5 Å². The van der Waals surface area contributed by atoms with Gasteiger partial charge in [0.25, 0.3) is 0 Å². The minimum absolute atomic E-state index is 0.265. The van der Waals surface area contributed by atoms with Gasteiger partial charge in [-0.15, -0.1) is 0 Å². The highest BCUT2D eigenvalue weighted by atomic mass is 19.1. The van der Waals surface area contributed by atoms with Crippen LogP contribution in [0.5, 0.6) is 0 Å². The molecule has 0 radical (unpaired) electrons. The SMILES string of the molecule is NCc1ccc2cnc(-c3cccc(F)c3)n2c1. The molecule has 0 aliphatic heterocycles. The van der Waals surface area contributed by atoms with Gasteiger partial charge in [0.1, 0.15) is 11.6 Å². The van der Waals surface area contributed by atoms with Crippen LogP contribution >= 0.6 is 0 Å². The first-order valence-corrected chi connectivity index (χ1v) is 5.70. The second-order valence-electron chi connectivity index (χ2n) is 4.13. The zero-order chi connectivity index (χ0) is 12.5. The summed E-state index contributed by atoms with van der Waals surface area (Å²) in [7, 11) is 0. The van der Waals surface area contributed by atoms with Crippen LogP contribution in [0.2, 0.25) is 0 Å². The Balaban J connectivity index is 2.22. The number of rotatable bonds is 2. The molecule has 0 atom stereocenters. The second-order valence-corrected chi connectivity index (χ2v) is 4.13. The summed E-state index contributed by atoms with van der Waals surface area (Å²) in [5, 5.41) is 0. The number of hydrogen-bond donors (Lipinski definition) is 1. The molecule has 4 heteroatoms. The van der Waals surface area contributed by atoms with Crippen LogP contribution in [0.3, 0.4) is 0 Å². The third-order valence-electron chi connectivity index (χ3n) is 2.91. The van der Waals surface area contributed by atoms with Gasteiger partial charge in [-0.1, -0.05) is 18.2 Å². The third-order valence-corrected chi connectivity index (χ3v) is 2.91. The van der Waals surface area contributed by atoms with Gasteiger partial charge in [0.2, 0.25) is 0 Å². The summed E-state index contributed by atoms with van der Waals surface area (Å²) in [6.45, 7) is 0.469. The van der Waals surface area contributed by atoms with E-state index in [1.54, 1.807) is 12.3 Å². The predicted molar refractivity (Wildman–Crippen MR) is 68.5 cm³/mol. The van der Waals surface area contributed by atoms with Crippen LogP contribution in [0.15, 0.2) is 48.8 Å². The Hall–Kier alpha value is -2.20. The summed E-state index contributed by atoms with van der Waals surface area (Å²) in [4.78, 5) is 4.34. The largest absolute Gasteiger partial charge is 0.326 e. The summed E-state index contributed by atoms with van der Waals surface area (Å²) >= 11 is 0. The van der Waals surface area contributed by atoms with Crippen molar-refractivity contribution < 1.29 is 4.39 Å². The molecule has 2 N–H and O–H groups in total. The first kappa shape index (κ1) is 10.9. The number of pyridine rings is 1. The molecule has 3 aromatic rings. The van der Waals surface area contributed by atoms with E-state index in [1.165, 1.54) is 12.1 Å². The van der Waals surface area contributed by atoms with Crippen molar-refractivity contribution in [2.24, 2.45) is 5.73 Å². The molecule has 0 bridgehead atoms. The first-order chi connectivity index (χ1) is 8.78. The van der Waals surface area contributed by atoms with E-state index >= 15 is 0 Å². The van der Waals surface area contributed by atoms with Crippen LogP contribution in [-0.4, -0.2) is 9.38 Å². The molecule has 3 rings (SSSR count). The maximum Gasteiger partial charge on any atom is 0.144 e. The fraction of sp³-hybridized carbons (Fsp3) is 0.0714. The smallest absolute Gasteiger partial charge is 0.144 e. The molecular weight excluding hydrogens is 229 g/mol. The first-order valence-electron chi connectivity index (χ1n) is 5.70. The highest BCUT2D eigenvalue weighted by Gasteiger charge is 2.07. The average molecular weight is 241 g/mol. The van der Waals surface area contributed by atoms with Gasteiger partial charge in [0, 0.05) is 18.3 Å². The number of aromatic nitrogens is 2. The predicted octanol–water partition coefficient (Wildman–Crippen LogP) is 2.60. The fourth-order valence-electron chi connectivity index (χ4n) is 2.00. The van der Waals surface area contributed by atoms with Crippen molar-refractivity contribution in [1.29, 1.82) is 0 Å². The number of halogens is 1. The second kappa shape index (κ2) is 4.23. The van der Waals surface area contributed by atoms with E-state index in [2.05, 4.69) is 4.98 Å². The van der Waals surface area contributed by atoms with Crippen molar-refractivity contribution in [1.82, 2.24) is 9.38 Å². The fourth-order valence-corrected chi connectivity index (χ4v) is 2.00.